The van der Waals surface area contributed by atoms with Crippen molar-refractivity contribution in [2.45, 2.75) is 120 Å². The third-order valence-corrected chi connectivity index (χ3v) is 6.40. The standard InChI is InChI=1S/C16H29N3.C12H16O.C5H13N.C2H6/c1-7-11-19(12-8-2)16-10-9-15(17-13(3)4)14(5)18(16)6;1-3-4-5-11-6-8-12(9-7-11)10(2)13;1-3-4-5-6-2;1-2/h9-10,14H,7-8,11-12H2,1-6H3;6-9H,3-5H2,1-2H3;6H,3-5H2,1-2H3;1-2H3. The first-order chi connectivity index (χ1) is 19.2. The van der Waals surface area contributed by atoms with Crippen LogP contribution in [0.25, 0.3) is 0 Å². The molecule has 230 valence electrons. The van der Waals surface area contributed by atoms with Crippen molar-refractivity contribution >= 4 is 11.5 Å². The number of rotatable bonds is 13. The summed E-state index contributed by atoms with van der Waals surface area (Å²) in [5.74, 6) is 1.46. The van der Waals surface area contributed by atoms with Crippen LogP contribution >= 0.6 is 0 Å². The Morgan fingerprint density at radius 3 is 1.85 bits per heavy atom. The van der Waals surface area contributed by atoms with Gasteiger partial charge in [0.2, 0.25) is 0 Å². The SMILES string of the molecule is CC.CCCCNC.CCCCc1ccc(C(C)=O)cc1.CCCN(CCC)C1=CC=C(N=C(C)C)C(C)N1C. The average molecular weight is 557 g/mol. The maximum Gasteiger partial charge on any atom is 0.159 e. The van der Waals surface area contributed by atoms with Gasteiger partial charge in [-0.05, 0) is 91.1 Å². The number of allylic oxidation sites excluding steroid dienone is 2. The molecule has 1 aliphatic rings. The number of hydrogen-bond acceptors (Lipinski definition) is 5. The molecule has 0 amide bonds. The molecule has 1 aromatic rings. The van der Waals surface area contributed by atoms with Crippen molar-refractivity contribution < 1.29 is 4.79 Å². The molecule has 0 saturated carbocycles. The second kappa shape index (κ2) is 25.6. The van der Waals surface area contributed by atoms with Gasteiger partial charge in [-0.1, -0.05) is 78.6 Å². The number of benzene rings is 1. The number of aliphatic imine (C=N–C) groups is 1. The molecule has 5 nitrogen and oxygen atoms in total. The van der Waals surface area contributed by atoms with E-state index in [1.165, 1.54) is 49.9 Å². The summed E-state index contributed by atoms with van der Waals surface area (Å²) in [6, 6.07) is 8.26. The van der Waals surface area contributed by atoms with Gasteiger partial charge in [0.15, 0.2) is 5.78 Å². The molecule has 0 radical (unpaired) electrons. The number of ketones is 1. The van der Waals surface area contributed by atoms with Gasteiger partial charge >= 0.3 is 0 Å². The van der Waals surface area contributed by atoms with Crippen molar-refractivity contribution in [1.29, 1.82) is 0 Å². The van der Waals surface area contributed by atoms with Crippen molar-refractivity contribution in [2.24, 2.45) is 4.99 Å². The largest absolute Gasteiger partial charge is 0.358 e. The zero-order chi connectivity index (χ0) is 30.9. The molecule has 1 atom stereocenters. The zero-order valence-corrected chi connectivity index (χ0v) is 28.4. The second-order valence-corrected chi connectivity index (χ2v) is 10.3. The maximum atomic E-state index is 11.0. The molecular weight excluding hydrogens is 492 g/mol. The highest BCUT2D eigenvalue weighted by Gasteiger charge is 2.23. The molecule has 5 heteroatoms. The Labute approximate surface area is 249 Å². The third-order valence-electron chi connectivity index (χ3n) is 6.40. The number of carbonyl (C=O) groups excluding carboxylic acids is 1. The van der Waals surface area contributed by atoms with Crippen LogP contribution in [0.4, 0.5) is 0 Å². The summed E-state index contributed by atoms with van der Waals surface area (Å²) < 4.78 is 0. The van der Waals surface area contributed by atoms with Gasteiger partial charge < -0.3 is 15.1 Å². The summed E-state index contributed by atoms with van der Waals surface area (Å²) in [7, 11) is 4.15. The lowest BCUT2D eigenvalue weighted by Gasteiger charge is -2.39. The van der Waals surface area contributed by atoms with E-state index >= 15 is 0 Å². The lowest BCUT2D eigenvalue weighted by Crippen LogP contribution is -2.41. The molecule has 1 heterocycles. The van der Waals surface area contributed by atoms with E-state index in [2.05, 4.69) is 73.9 Å². The van der Waals surface area contributed by atoms with Crippen LogP contribution < -0.4 is 5.32 Å². The summed E-state index contributed by atoms with van der Waals surface area (Å²) in [5, 5.41) is 3.07. The minimum Gasteiger partial charge on any atom is -0.358 e. The van der Waals surface area contributed by atoms with E-state index in [1.54, 1.807) is 6.92 Å². The predicted molar refractivity (Wildman–Crippen MR) is 180 cm³/mol. The topological polar surface area (TPSA) is 47.9 Å². The van der Waals surface area contributed by atoms with E-state index in [1.807, 2.05) is 59.0 Å². The Morgan fingerprint density at radius 2 is 1.45 bits per heavy atom. The molecule has 0 aliphatic carbocycles. The molecule has 1 unspecified atom stereocenters. The molecule has 0 aromatic heterocycles. The molecule has 0 spiro atoms. The minimum absolute atomic E-state index is 0.141. The van der Waals surface area contributed by atoms with Gasteiger partial charge in [0.05, 0.1) is 11.7 Å². The highest BCUT2D eigenvalue weighted by molar-refractivity contribution is 5.94. The maximum absolute atomic E-state index is 11.0. The highest BCUT2D eigenvalue weighted by atomic mass is 16.1. The molecule has 0 fully saturated rings. The Morgan fingerprint density at radius 1 is 0.900 bits per heavy atom. The Balaban J connectivity index is 0. The van der Waals surface area contributed by atoms with Crippen LogP contribution in [0.5, 0.6) is 0 Å². The molecule has 2 rings (SSSR count). The first kappa shape index (κ1) is 39.7. The molecule has 40 heavy (non-hydrogen) atoms. The summed E-state index contributed by atoms with van der Waals surface area (Å²) in [6.07, 6.45) is 12.9. The average Bonchev–Trinajstić information content (AvgIpc) is 2.95. The number of unbranched alkanes of at least 4 members (excludes halogenated alkanes) is 2. The lowest BCUT2D eigenvalue weighted by molar-refractivity contribution is 0.101. The van der Waals surface area contributed by atoms with E-state index in [0.29, 0.717) is 6.04 Å². The second-order valence-electron chi connectivity index (χ2n) is 10.3. The van der Waals surface area contributed by atoms with Crippen LogP contribution in [0.2, 0.25) is 0 Å². The molecule has 0 saturated heterocycles. The van der Waals surface area contributed by atoms with Crippen LogP contribution in [0.15, 0.2) is 52.9 Å². The van der Waals surface area contributed by atoms with E-state index in [4.69, 9.17) is 0 Å². The van der Waals surface area contributed by atoms with E-state index in [0.717, 1.165) is 43.0 Å². The number of carbonyl (C=O) groups is 1. The van der Waals surface area contributed by atoms with Gasteiger partial charge in [-0.15, -0.1) is 0 Å². The monoisotopic (exact) mass is 557 g/mol. The third kappa shape index (κ3) is 17.3. The van der Waals surface area contributed by atoms with Gasteiger partial charge in [-0.3, -0.25) is 9.79 Å². The normalized spacial score (nSPS) is 13.7. The Bertz CT molecular complexity index is 841. The van der Waals surface area contributed by atoms with Crippen molar-refractivity contribution in [2.75, 3.05) is 33.7 Å². The molecular formula is C35H64N4O. The fourth-order valence-corrected chi connectivity index (χ4v) is 4.05. The molecule has 1 aromatic carbocycles. The van der Waals surface area contributed by atoms with Crippen LogP contribution in [0.1, 0.15) is 124 Å². The minimum atomic E-state index is 0.141. The number of nitrogens with zero attached hydrogens (tertiary/aromatic N) is 3. The number of hydrogen-bond donors (Lipinski definition) is 1. The van der Waals surface area contributed by atoms with Crippen LogP contribution in [0.3, 0.4) is 0 Å². The van der Waals surface area contributed by atoms with E-state index in [-0.39, 0.29) is 5.78 Å². The highest BCUT2D eigenvalue weighted by Crippen LogP contribution is 2.24. The fraction of sp³-hybridized carbons (Fsp3) is 0.657. The summed E-state index contributed by atoms with van der Waals surface area (Å²) in [4.78, 5) is 20.4. The number of aryl methyl sites for hydroxylation is 1. The van der Waals surface area contributed by atoms with Gasteiger partial charge in [-0.25, -0.2) is 0 Å². The van der Waals surface area contributed by atoms with E-state index in [9.17, 15) is 4.79 Å². The number of likely N-dealkylation sites (N-methyl/N-ethyl adjacent to an activating group) is 1. The van der Waals surface area contributed by atoms with Crippen molar-refractivity contribution in [3.05, 3.63) is 59.1 Å². The first-order valence-corrected chi connectivity index (χ1v) is 15.8. The summed E-state index contributed by atoms with van der Waals surface area (Å²) in [5.41, 5.74) is 4.40. The van der Waals surface area contributed by atoms with Crippen molar-refractivity contribution in [3.8, 4) is 0 Å². The van der Waals surface area contributed by atoms with Crippen molar-refractivity contribution in [3.63, 3.8) is 0 Å². The van der Waals surface area contributed by atoms with Crippen LogP contribution in [-0.4, -0.2) is 61.1 Å². The van der Waals surface area contributed by atoms with Gasteiger partial charge in [0.1, 0.15) is 5.82 Å². The predicted octanol–water partition coefficient (Wildman–Crippen LogP) is 8.91. The molecule has 1 N–H and O–H groups in total. The van der Waals surface area contributed by atoms with Crippen molar-refractivity contribution in [1.82, 2.24) is 15.1 Å². The number of nitrogens with one attached hydrogen (secondary N) is 1. The van der Waals surface area contributed by atoms with Crippen LogP contribution in [-0.2, 0) is 6.42 Å². The van der Waals surface area contributed by atoms with Gasteiger partial charge in [0.25, 0.3) is 0 Å². The Kier molecular flexibility index (Phi) is 25.4. The smallest absolute Gasteiger partial charge is 0.159 e. The first-order valence-electron chi connectivity index (χ1n) is 15.8. The molecule has 1 aliphatic heterocycles. The lowest BCUT2D eigenvalue weighted by atomic mass is 10.1. The number of Topliss-reactive ketones (excluding diaryl/α,β-unsaturated/α-hetero) is 1. The van der Waals surface area contributed by atoms with Gasteiger partial charge in [0, 0.05) is 31.4 Å². The zero-order valence-electron chi connectivity index (χ0n) is 28.4. The fourth-order valence-electron chi connectivity index (χ4n) is 4.05. The Hall–Kier alpha value is -2.40. The summed E-state index contributed by atoms with van der Waals surface area (Å²) >= 11 is 0. The van der Waals surface area contributed by atoms with Crippen LogP contribution in [0, 0.1) is 0 Å². The van der Waals surface area contributed by atoms with Gasteiger partial charge in [-0.2, -0.15) is 0 Å². The quantitative estimate of drug-likeness (QED) is 0.150. The summed E-state index contributed by atoms with van der Waals surface area (Å²) in [6.45, 7) is 24.2. The van der Waals surface area contributed by atoms with E-state index < -0.39 is 0 Å². The molecule has 0 bridgehead atoms.